The van der Waals surface area contributed by atoms with Crippen molar-refractivity contribution in [1.29, 1.82) is 0 Å². The van der Waals surface area contributed by atoms with E-state index in [0.29, 0.717) is 0 Å². The molecule has 0 fully saturated rings. The van der Waals surface area contributed by atoms with Crippen LogP contribution in [-0.2, 0) is 0 Å². The topological polar surface area (TPSA) is 26.0 Å². The van der Waals surface area contributed by atoms with Crippen LogP contribution in [0, 0.1) is 0 Å². The van der Waals surface area contributed by atoms with Gasteiger partial charge in [0.15, 0.2) is 0 Å². The zero-order valence-electron chi connectivity index (χ0n) is 21.4. The molecule has 0 saturated heterocycles. The van der Waals surface area contributed by atoms with E-state index in [1.54, 1.807) is 0 Å². The van der Waals surface area contributed by atoms with Gasteiger partial charge in [0.1, 0.15) is 0 Å². The number of hydrogen-bond donors (Lipinski definition) is 1. The molecular formula is C38H25N. The normalized spacial score (nSPS) is 11.7. The molecule has 1 aliphatic carbocycles. The first kappa shape index (κ1) is 21.9. The number of benzene rings is 7. The van der Waals surface area contributed by atoms with Crippen LogP contribution >= 0.6 is 0 Å². The standard InChI is InChI=1S/C38H25N/c39-34-22-10-18-27-28(17-9-19-29(27)34)33-23-32(24-11-3-1-4-12-24)37-30-20-7-15-25-16-8-21-31(35(25)30)38(37)36(33)26-13-5-2-6-14-26/h1-23H,39H2. The van der Waals surface area contributed by atoms with Gasteiger partial charge in [-0.05, 0) is 83.9 Å². The van der Waals surface area contributed by atoms with Crippen molar-refractivity contribution in [3.63, 3.8) is 0 Å². The Morgan fingerprint density at radius 2 is 0.949 bits per heavy atom. The highest BCUT2D eigenvalue weighted by atomic mass is 14.5. The molecule has 0 heterocycles. The average Bonchev–Trinajstić information content (AvgIpc) is 3.33. The van der Waals surface area contributed by atoms with Crippen LogP contribution in [0.2, 0.25) is 0 Å². The van der Waals surface area contributed by atoms with Crippen LogP contribution in [0.5, 0.6) is 0 Å². The molecule has 7 aromatic carbocycles. The highest BCUT2D eigenvalue weighted by molar-refractivity contribution is 6.23. The molecule has 2 N–H and O–H groups in total. The number of rotatable bonds is 3. The summed E-state index contributed by atoms with van der Waals surface area (Å²) in [6, 6.07) is 50.2. The number of hydrogen-bond acceptors (Lipinski definition) is 1. The molecule has 0 aromatic heterocycles. The minimum atomic E-state index is 0.803. The molecular weight excluding hydrogens is 470 g/mol. The van der Waals surface area contributed by atoms with E-state index in [0.717, 1.165) is 11.1 Å². The van der Waals surface area contributed by atoms with E-state index >= 15 is 0 Å². The quantitative estimate of drug-likeness (QED) is 0.242. The molecule has 1 heteroatoms. The molecule has 0 atom stereocenters. The summed E-state index contributed by atoms with van der Waals surface area (Å²) in [4.78, 5) is 0. The lowest BCUT2D eigenvalue weighted by molar-refractivity contribution is 1.57. The van der Waals surface area contributed by atoms with Crippen molar-refractivity contribution in [2.75, 3.05) is 5.73 Å². The number of nitrogen functional groups attached to an aromatic ring is 1. The summed E-state index contributed by atoms with van der Waals surface area (Å²) in [6.07, 6.45) is 0. The van der Waals surface area contributed by atoms with Crippen LogP contribution in [0.3, 0.4) is 0 Å². The van der Waals surface area contributed by atoms with Gasteiger partial charge in [-0.2, -0.15) is 0 Å². The fourth-order valence-corrected chi connectivity index (χ4v) is 6.52. The van der Waals surface area contributed by atoms with E-state index in [9.17, 15) is 0 Å². The lowest BCUT2D eigenvalue weighted by Crippen LogP contribution is -1.95. The monoisotopic (exact) mass is 495 g/mol. The lowest BCUT2D eigenvalue weighted by atomic mass is 9.81. The van der Waals surface area contributed by atoms with E-state index in [-0.39, 0.29) is 0 Å². The lowest BCUT2D eigenvalue weighted by Gasteiger charge is -2.22. The molecule has 0 saturated carbocycles. The zero-order chi connectivity index (χ0) is 25.9. The Morgan fingerprint density at radius 1 is 0.359 bits per heavy atom. The number of anilines is 1. The third kappa shape index (κ3) is 3.20. The molecule has 0 spiro atoms. The van der Waals surface area contributed by atoms with Crippen LogP contribution in [0.1, 0.15) is 0 Å². The van der Waals surface area contributed by atoms with Crippen LogP contribution in [-0.4, -0.2) is 0 Å². The average molecular weight is 496 g/mol. The van der Waals surface area contributed by atoms with Crippen LogP contribution in [0.25, 0.3) is 77.2 Å². The molecule has 8 rings (SSSR count). The molecule has 1 nitrogen and oxygen atoms in total. The summed E-state index contributed by atoms with van der Waals surface area (Å²) >= 11 is 0. The summed E-state index contributed by atoms with van der Waals surface area (Å²) < 4.78 is 0. The minimum Gasteiger partial charge on any atom is -0.398 e. The Balaban J connectivity index is 1.61. The zero-order valence-corrected chi connectivity index (χ0v) is 21.4. The Hall–Kier alpha value is -5.14. The molecule has 0 unspecified atom stereocenters. The van der Waals surface area contributed by atoms with E-state index in [1.165, 1.54) is 71.8 Å². The first-order chi connectivity index (χ1) is 19.3. The smallest absolute Gasteiger partial charge is 0.0393 e. The van der Waals surface area contributed by atoms with Gasteiger partial charge in [0.25, 0.3) is 0 Å². The largest absolute Gasteiger partial charge is 0.398 e. The van der Waals surface area contributed by atoms with Crippen LogP contribution < -0.4 is 5.73 Å². The van der Waals surface area contributed by atoms with Gasteiger partial charge in [-0.25, -0.2) is 0 Å². The van der Waals surface area contributed by atoms with Crippen molar-refractivity contribution >= 4 is 27.2 Å². The predicted octanol–water partition coefficient (Wildman–Crippen LogP) is 10.2. The molecule has 0 radical (unpaired) electrons. The van der Waals surface area contributed by atoms with Gasteiger partial charge >= 0.3 is 0 Å². The highest BCUT2D eigenvalue weighted by Crippen LogP contribution is 2.57. The maximum Gasteiger partial charge on any atom is 0.0393 e. The Labute approximate surface area is 227 Å². The van der Waals surface area contributed by atoms with Crippen molar-refractivity contribution in [2.24, 2.45) is 0 Å². The summed E-state index contributed by atoms with van der Waals surface area (Å²) in [6.45, 7) is 0. The van der Waals surface area contributed by atoms with Crippen molar-refractivity contribution < 1.29 is 0 Å². The summed E-state index contributed by atoms with van der Waals surface area (Å²) in [5, 5.41) is 4.87. The van der Waals surface area contributed by atoms with E-state index in [4.69, 9.17) is 5.73 Å². The second-order valence-electron chi connectivity index (χ2n) is 10.3. The van der Waals surface area contributed by atoms with E-state index in [2.05, 4.69) is 133 Å². The summed E-state index contributed by atoms with van der Waals surface area (Å²) in [7, 11) is 0. The van der Waals surface area contributed by atoms with Crippen molar-refractivity contribution in [3.05, 3.63) is 140 Å². The first-order valence-electron chi connectivity index (χ1n) is 13.4. The SMILES string of the molecule is Nc1cccc2c(-c3cc(-c4ccccc4)c4c(c3-c3ccccc3)-c3cccc5cccc-4c35)cccc12. The second-order valence-corrected chi connectivity index (χ2v) is 10.3. The fraction of sp³-hybridized carbons (Fsp3) is 0. The molecule has 39 heavy (non-hydrogen) atoms. The van der Waals surface area contributed by atoms with Gasteiger partial charge in [0.05, 0.1) is 0 Å². The van der Waals surface area contributed by atoms with Crippen molar-refractivity contribution in [3.8, 4) is 55.6 Å². The maximum absolute atomic E-state index is 6.47. The first-order valence-corrected chi connectivity index (χ1v) is 13.4. The van der Waals surface area contributed by atoms with Gasteiger partial charge in [-0.3, -0.25) is 0 Å². The second kappa shape index (κ2) is 8.44. The highest BCUT2D eigenvalue weighted by Gasteiger charge is 2.30. The van der Waals surface area contributed by atoms with Gasteiger partial charge < -0.3 is 5.73 Å². The van der Waals surface area contributed by atoms with E-state index in [1.807, 2.05) is 6.07 Å². The van der Waals surface area contributed by atoms with Gasteiger partial charge in [0.2, 0.25) is 0 Å². The fourth-order valence-electron chi connectivity index (χ4n) is 6.52. The van der Waals surface area contributed by atoms with Crippen molar-refractivity contribution in [2.45, 2.75) is 0 Å². The molecule has 0 bridgehead atoms. The van der Waals surface area contributed by atoms with Gasteiger partial charge in [-0.15, -0.1) is 0 Å². The number of fused-ring (bicyclic) bond motifs is 4. The number of nitrogens with two attached hydrogens (primary N) is 1. The van der Waals surface area contributed by atoms with Gasteiger partial charge in [0, 0.05) is 11.1 Å². The predicted molar refractivity (Wildman–Crippen MR) is 167 cm³/mol. The Bertz CT molecular complexity index is 2050. The third-order valence-electron chi connectivity index (χ3n) is 8.16. The van der Waals surface area contributed by atoms with Crippen LogP contribution in [0.15, 0.2) is 140 Å². The van der Waals surface area contributed by atoms with Gasteiger partial charge in [-0.1, -0.05) is 127 Å². The minimum absolute atomic E-state index is 0.803. The third-order valence-corrected chi connectivity index (χ3v) is 8.16. The Morgan fingerprint density at radius 3 is 1.69 bits per heavy atom. The summed E-state index contributed by atoms with van der Waals surface area (Å²) in [5.74, 6) is 0. The van der Waals surface area contributed by atoms with Crippen molar-refractivity contribution in [1.82, 2.24) is 0 Å². The maximum atomic E-state index is 6.47. The summed E-state index contributed by atoms with van der Waals surface area (Å²) in [5.41, 5.74) is 19.9. The molecule has 7 aromatic rings. The molecule has 0 amide bonds. The molecule has 1 aliphatic rings. The van der Waals surface area contributed by atoms with Crippen LogP contribution in [0.4, 0.5) is 5.69 Å². The Kier molecular flexibility index (Phi) is 4.74. The van der Waals surface area contributed by atoms with E-state index < -0.39 is 0 Å². The molecule has 182 valence electrons. The molecule has 0 aliphatic heterocycles.